The van der Waals surface area contributed by atoms with Gasteiger partial charge in [-0.05, 0) is 24.1 Å². The fraction of sp³-hybridized carbons (Fsp3) is 0.500. The summed E-state index contributed by atoms with van der Waals surface area (Å²) in [4.78, 5) is -0.133. The first-order chi connectivity index (χ1) is 9.13. The van der Waals surface area contributed by atoms with Gasteiger partial charge in [-0.15, -0.1) is 0 Å². The Hall–Kier alpha value is -1.12. The minimum absolute atomic E-state index is 0.126. The van der Waals surface area contributed by atoms with Crippen LogP contribution in [0.15, 0.2) is 23.1 Å². The second-order valence-corrected chi connectivity index (χ2v) is 6.20. The van der Waals surface area contributed by atoms with Crippen LogP contribution in [0.2, 0.25) is 0 Å². The third-order valence-electron chi connectivity index (χ3n) is 2.94. The fourth-order valence-corrected chi connectivity index (χ4v) is 3.57. The highest BCUT2D eigenvalue weighted by molar-refractivity contribution is 7.89. The predicted molar refractivity (Wildman–Crippen MR) is 69.6 cm³/mol. The van der Waals surface area contributed by atoms with Crippen LogP contribution in [0, 0.1) is 6.92 Å². The average molecular weight is 310 g/mol. The number of benzene rings is 1. The maximum atomic E-state index is 12.5. The molecular weight excluding hydrogens is 293 g/mol. The van der Waals surface area contributed by atoms with Gasteiger partial charge in [0.25, 0.3) is 0 Å². The minimum atomic E-state index is -4.58. The Morgan fingerprint density at radius 3 is 2.35 bits per heavy atom. The Balaban J connectivity index is 3.28. The Bertz CT molecular complexity index is 571. The number of rotatable bonds is 5. The van der Waals surface area contributed by atoms with Gasteiger partial charge in [0, 0.05) is 13.1 Å². The number of hydrogen-bond acceptors (Lipinski definition) is 3. The van der Waals surface area contributed by atoms with Crippen molar-refractivity contribution in [2.75, 3.05) is 13.1 Å². The monoisotopic (exact) mass is 310 g/mol. The van der Waals surface area contributed by atoms with E-state index >= 15 is 0 Å². The van der Waals surface area contributed by atoms with E-state index in [0.29, 0.717) is 15.4 Å². The smallest absolute Gasteiger partial charge is 0.326 e. The summed E-state index contributed by atoms with van der Waals surface area (Å²) < 4.78 is 62.4. The quantitative estimate of drug-likeness (QED) is 0.905. The molecule has 1 rings (SSSR count). The van der Waals surface area contributed by atoms with Crippen LogP contribution in [0.1, 0.15) is 18.1 Å². The largest absolute Gasteiger partial charge is 0.402 e. The van der Waals surface area contributed by atoms with E-state index in [0.717, 1.165) is 0 Å². The molecule has 0 fully saturated rings. The topological polar surface area (TPSA) is 63.4 Å². The molecule has 0 aliphatic rings. The third-order valence-corrected chi connectivity index (χ3v) is 5.01. The van der Waals surface area contributed by atoms with Gasteiger partial charge in [0.15, 0.2) is 0 Å². The van der Waals surface area contributed by atoms with E-state index in [1.54, 1.807) is 6.07 Å². The van der Waals surface area contributed by atoms with Crippen LogP contribution in [0.25, 0.3) is 0 Å². The summed E-state index contributed by atoms with van der Waals surface area (Å²) in [6, 6.07) is 4.42. The van der Waals surface area contributed by atoms with Gasteiger partial charge in [-0.3, -0.25) is 0 Å². The lowest BCUT2D eigenvalue weighted by Gasteiger charge is -2.23. The van der Waals surface area contributed by atoms with E-state index in [2.05, 4.69) is 0 Å². The van der Waals surface area contributed by atoms with E-state index in [4.69, 9.17) is 5.73 Å². The van der Waals surface area contributed by atoms with Crippen molar-refractivity contribution < 1.29 is 21.6 Å². The average Bonchev–Trinajstić information content (AvgIpc) is 2.34. The molecule has 0 aliphatic heterocycles. The molecule has 0 heterocycles. The molecule has 1 aromatic rings. The summed E-state index contributed by atoms with van der Waals surface area (Å²) in [5.41, 5.74) is 6.46. The lowest BCUT2D eigenvalue weighted by Crippen LogP contribution is -2.39. The molecule has 0 aromatic heterocycles. The molecule has 0 radical (unpaired) electrons. The first-order valence-electron chi connectivity index (χ1n) is 5.99. The van der Waals surface area contributed by atoms with Crippen molar-refractivity contribution in [1.82, 2.24) is 4.31 Å². The van der Waals surface area contributed by atoms with E-state index < -0.39 is 22.7 Å². The number of alkyl halides is 3. The van der Waals surface area contributed by atoms with Crippen LogP contribution in [0.3, 0.4) is 0 Å². The summed E-state index contributed by atoms with van der Waals surface area (Å²) in [5, 5.41) is 0. The Morgan fingerprint density at radius 2 is 1.90 bits per heavy atom. The third kappa shape index (κ3) is 3.71. The SMILES string of the molecule is CCN(CC(F)(F)F)S(=O)(=O)c1cccc(CN)c1C. The first-order valence-corrected chi connectivity index (χ1v) is 7.43. The van der Waals surface area contributed by atoms with Crippen LogP contribution >= 0.6 is 0 Å². The van der Waals surface area contributed by atoms with Crippen molar-refractivity contribution in [1.29, 1.82) is 0 Å². The van der Waals surface area contributed by atoms with Crippen LogP contribution in [-0.2, 0) is 16.6 Å². The van der Waals surface area contributed by atoms with E-state index in [1.807, 2.05) is 0 Å². The van der Waals surface area contributed by atoms with Gasteiger partial charge in [0.05, 0.1) is 4.90 Å². The first kappa shape index (κ1) is 16.9. The van der Waals surface area contributed by atoms with Gasteiger partial charge in [-0.2, -0.15) is 17.5 Å². The molecule has 2 N–H and O–H groups in total. The summed E-state index contributed by atoms with van der Waals surface area (Å²) >= 11 is 0. The summed E-state index contributed by atoms with van der Waals surface area (Å²) in [6.45, 7) is 1.27. The van der Waals surface area contributed by atoms with E-state index in [9.17, 15) is 21.6 Å². The molecule has 1 aromatic carbocycles. The molecule has 0 saturated carbocycles. The number of hydrogen-bond donors (Lipinski definition) is 1. The lowest BCUT2D eigenvalue weighted by atomic mass is 10.1. The number of sulfonamides is 1. The molecule has 114 valence electrons. The second kappa shape index (κ2) is 6.11. The molecule has 20 heavy (non-hydrogen) atoms. The Labute approximate surface area is 116 Å². The number of halogens is 3. The van der Waals surface area contributed by atoms with Gasteiger partial charge in [0.2, 0.25) is 10.0 Å². The van der Waals surface area contributed by atoms with Crippen LogP contribution in [-0.4, -0.2) is 32.0 Å². The standard InChI is InChI=1S/C12H17F3N2O2S/c1-3-17(8-12(13,14)15)20(18,19)11-6-4-5-10(7-16)9(11)2/h4-6H,3,7-8,16H2,1-2H3. The zero-order valence-electron chi connectivity index (χ0n) is 11.2. The van der Waals surface area contributed by atoms with Gasteiger partial charge >= 0.3 is 6.18 Å². The summed E-state index contributed by atoms with van der Waals surface area (Å²) in [6.07, 6.45) is -4.58. The molecular formula is C12H17F3N2O2S. The number of nitrogens with zero attached hydrogens (tertiary/aromatic N) is 1. The predicted octanol–water partition coefficient (Wildman–Crippen LogP) is 2.03. The van der Waals surface area contributed by atoms with Gasteiger partial charge in [0.1, 0.15) is 6.54 Å². The molecule has 0 bridgehead atoms. The highest BCUT2D eigenvalue weighted by Crippen LogP contribution is 2.25. The van der Waals surface area contributed by atoms with Crippen molar-refractivity contribution in [2.45, 2.75) is 31.5 Å². The van der Waals surface area contributed by atoms with Crippen LogP contribution in [0.5, 0.6) is 0 Å². The fourth-order valence-electron chi connectivity index (χ4n) is 1.87. The van der Waals surface area contributed by atoms with E-state index in [1.165, 1.54) is 26.0 Å². The van der Waals surface area contributed by atoms with Crippen molar-refractivity contribution in [3.05, 3.63) is 29.3 Å². The van der Waals surface area contributed by atoms with E-state index in [-0.39, 0.29) is 18.0 Å². The molecule has 0 unspecified atom stereocenters. The maximum absolute atomic E-state index is 12.5. The van der Waals surface area contributed by atoms with Gasteiger partial charge < -0.3 is 5.73 Å². The van der Waals surface area contributed by atoms with Crippen molar-refractivity contribution >= 4 is 10.0 Å². The zero-order valence-corrected chi connectivity index (χ0v) is 12.1. The Kier molecular flexibility index (Phi) is 5.17. The van der Waals surface area contributed by atoms with Crippen molar-refractivity contribution in [3.63, 3.8) is 0 Å². The van der Waals surface area contributed by atoms with Crippen molar-refractivity contribution in [3.8, 4) is 0 Å². The Morgan fingerprint density at radius 1 is 1.30 bits per heavy atom. The molecule has 0 aliphatic carbocycles. The van der Waals surface area contributed by atoms with Gasteiger partial charge in [-0.1, -0.05) is 19.1 Å². The normalized spacial score (nSPS) is 12.9. The van der Waals surface area contributed by atoms with Gasteiger partial charge in [-0.25, -0.2) is 8.42 Å². The summed E-state index contributed by atoms with van der Waals surface area (Å²) in [5.74, 6) is 0. The second-order valence-electron chi connectivity index (χ2n) is 4.29. The molecule has 0 spiro atoms. The highest BCUT2D eigenvalue weighted by Gasteiger charge is 2.36. The molecule has 0 saturated heterocycles. The molecule has 0 atom stereocenters. The highest BCUT2D eigenvalue weighted by atomic mass is 32.2. The lowest BCUT2D eigenvalue weighted by molar-refractivity contribution is -0.135. The van der Waals surface area contributed by atoms with Crippen molar-refractivity contribution in [2.24, 2.45) is 5.73 Å². The van der Waals surface area contributed by atoms with Crippen LogP contribution in [0.4, 0.5) is 13.2 Å². The molecule has 0 amide bonds. The molecule has 4 nitrogen and oxygen atoms in total. The van der Waals surface area contributed by atoms with Crippen LogP contribution < -0.4 is 5.73 Å². The maximum Gasteiger partial charge on any atom is 0.402 e. The summed E-state index contributed by atoms with van der Waals surface area (Å²) in [7, 11) is -4.19. The number of nitrogens with two attached hydrogens (primary N) is 1. The molecule has 8 heteroatoms. The zero-order chi connectivity index (χ0) is 15.6. The minimum Gasteiger partial charge on any atom is -0.326 e.